The van der Waals surface area contributed by atoms with E-state index in [0.29, 0.717) is 18.0 Å². The molecule has 1 aromatic heterocycles. The second-order valence-corrected chi connectivity index (χ2v) is 6.40. The van der Waals surface area contributed by atoms with E-state index in [1.54, 1.807) is 19.1 Å². The summed E-state index contributed by atoms with van der Waals surface area (Å²) in [7, 11) is 0. The van der Waals surface area contributed by atoms with Crippen molar-refractivity contribution in [3.05, 3.63) is 47.4 Å². The summed E-state index contributed by atoms with van der Waals surface area (Å²) in [6, 6.07) is 8.29. The van der Waals surface area contributed by atoms with E-state index in [1.165, 1.54) is 6.07 Å². The second-order valence-electron chi connectivity index (χ2n) is 6.40. The monoisotopic (exact) mass is 346 g/mol. The molecule has 1 fully saturated rings. The maximum atomic E-state index is 13.8. The highest BCUT2D eigenvalue weighted by molar-refractivity contribution is 5.93. The largest absolute Gasteiger partial charge is 0.338 e. The lowest BCUT2D eigenvalue weighted by atomic mass is 10.1. The van der Waals surface area contributed by atoms with Gasteiger partial charge in [0.25, 0.3) is 0 Å². The van der Waals surface area contributed by atoms with Crippen LogP contribution in [0.1, 0.15) is 18.2 Å². The molecule has 3 rings (SSSR count). The second kappa shape index (κ2) is 7.76. The van der Waals surface area contributed by atoms with Gasteiger partial charge < -0.3 is 4.52 Å². The number of halogens is 1. The summed E-state index contributed by atoms with van der Waals surface area (Å²) in [5, 5.41) is 6.50. The predicted octanol–water partition coefficient (Wildman–Crippen LogP) is 2.27. The Morgan fingerprint density at radius 3 is 2.68 bits per heavy atom. The summed E-state index contributed by atoms with van der Waals surface area (Å²) in [4.78, 5) is 16.7. The molecule has 1 aliphatic heterocycles. The van der Waals surface area contributed by atoms with Gasteiger partial charge in [-0.2, -0.15) is 0 Å². The van der Waals surface area contributed by atoms with Crippen molar-refractivity contribution in [2.45, 2.75) is 26.4 Å². The maximum Gasteiger partial charge on any atom is 0.243 e. The van der Waals surface area contributed by atoms with Crippen molar-refractivity contribution in [2.24, 2.45) is 0 Å². The van der Waals surface area contributed by atoms with E-state index < -0.39 is 0 Å². The van der Waals surface area contributed by atoms with E-state index in [4.69, 9.17) is 4.52 Å². The zero-order chi connectivity index (χ0) is 17.8. The summed E-state index contributed by atoms with van der Waals surface area (Å²) in [6.45, 7) is 7.40. The Kier molecular flexibility index (Phi) is 5.45. The molecule has 0 unspecified atom stereocenters. The molecule has 0 spiro atoms. The summed E-state index contributed by atoms with van der Waals surface area (Å²) in [6.07, 6.45) is 0. The Bertz CT molecular complexity index is 725. The number of hydrogen-bond donors (Lipinski definition) is 1. The number of aromatic nitrogens is 1. The highest BCUT2D eigenvalue weighted by Crippen LogP contribution is 2.15. The SMILES string of the molecule is Cc1cc(NC(=O)[C@@H](C)N2CCN(Cc3ccccc3F)CC2)on1. The first-order valence-corrected chi connectivity index (χ1v) is 8.47. The van der Waals surface area contributed by atoms with Gasteiger partial charge in [-0.15, -0.1) is 0 Å². The van der Waals surface area contributed by atoms with Gasteiger partial charge in [-0.1, -0.05) is 23.4 Å². The number of anilines is 1. The third kappa shape index (κ3) is 4.43. The first-order chi connectivity index (χ1) is 12.0. The van der Waals surface area contributed by atoms with Gasteiger partial charge in [0, 0.05) is 44.4 Å². The molecule has 1 saturated heterocycles. The zero-order valence-electron chi connectivity index (χ0n) is 14.5. The van der Waals surface area contributed by atoms with Gasteiger partial charge in [-0.05, 0) is 19.9 Å². The zero-order valence-corrected chi connectivity index (χ0v) is 14.5. The number of nitrogens with one attached hydrogen (secondary N) is 1. The van der Waals surface area contributed by atoms with Crippen LogP contribution in [0.25, 0.3) is 0 Å². The molecule has 6 nitrogen and oxygen atoms in total. The molecule has 0 bridgehead atoms. The molecule has 0 radical (unpaired) electrons. The summed E-state index contributed by atoms with van der Waals surface area (Å²) < 4.78 is 18.8. The lowest BCUT2D eigenvalue weighted by molar-refractivity contribution is -0.121. The van der Waals surface area contributed by atoms with E-state index in [2.05, 4.69) is 20.3 Å². The number of amides is 1. The molecule has 0 aliphatic carbocycles. The number of aryl methyl sites for hydroxylation is 1. The van der Waals surface area contributed by atoms with Crippen molar-refractivity contribution < 1.29 is 13.7 Å². The summed E-state index contributed by atoms with van der Waals surface area (Å²) in [5.74, 6) is 0.0891. The van der Waals surface area contributed by atoms with Crippen molar-refractivity contribution in [3.8, 4) is 0 Å². The number of benzene rings is 1. The van der Waals surface area contributed by atoms with Crippen LogP contribution < -0.4 is 5.32 Å². The van der Waals surface area contributed by atoms with Crippen LogP contribution in [0.2, 0.25) is 0 Å². The minimum Gasteiger partial charge on any atom is -0.338 e. The van der Waals surface area contributed by atoms with Gasteiger partial charge >= 0.3 is 0 Å². The molecule has 0 saturated carbocycles. The number of hydrogen-bond acceptors (Lipinski definition) is 5. The van der Waals surface area contributed by atoms with E-state index in [1.807, 2.05) is 19.1 Å². The van der Waals surface area contributed by atoms with Gasteiger partial charge in [0.1, 0.15) is 5.82 Å². The number of carbonyl (C=O) groups is 1. The molecule has 7 heteroatoms. The van der Waals surface area contributed by atoms with Crippen LogP contribution in [0, 0.1) is 12.7 Å². The third-order valence-electron chi connectivity index (χ3n) is 4.56. The van der Waals surface area contributed by atoms with Crippen LogP contribution >= 0.6 is 0 Å². The van der Waals surface area contributed by atoms with Crippen LogP contribution in [0.15, 0.2) is 34.9 Å². The van der Waals surface area contributed by atoms with Gasteiger partial charge in [0.2, 0.25) is 11.8 Å². The van der Waals surface area contributed by atoms with Crippen LogP contribution in [-0.4, -0.2) is 53.1 Å². The first kappa shape index (κ1) is 17.6. The van der Waals surface area contributed by atoms with Crippen molar-refractivity contribution in [3.63, 3.8) is 0 Å². The summed E-state index contributed by atoms with van der Waals surface area (Å²) >= 11 is 0. The van der Waals surface area contributed by atoms with E-state index in [0.717, 1.165) is 31.9 Å². The molecular weight excluding hydrogens is 323 g/mol. The van der Waals surface area contributed by atoms with E-state index in [-0.39, 0.29) is 17.8 Å². The van der Waals surface area contributed by atoms with Crippen molar-refractivity contribution in [1.82, 2.24) is 15.0 Å². The van der Waals surface area contributed by atoms with Crippen LogP contribution in [-0.2, 0) is 11.3 Å². The van der Waals surface area contributed by atoms with Crippen LogP contribution in [0.5, 0.6) is 0 Å². The Morgan fingerprint density at radius 1 is 1.32 bits per heavy atom. The molecule has 134 valence electrons. The van der Waals surface area contributed by atoms with E-state index in [9.17, 15) is 9.18 Å². The maximum absolute atomic E-state index is 13.8. The highest BCUT2D eigenvalue weighted by Gasteiger charge is 2.26. The standard InChI is InChI=1S/C18H23FN4O2/c1-13-11-17(25-21-13)20-18(24)14(2)23-9-7-22(8-10-23)12-15-5-3-4-6-16(15)19/h3-6,11,14H,7-10,12H2,1-2H3,(H,20,24)/t14-/m1/s1. The average Bonchev–Trinajstić information content (AvgIpc) is 3.02. The number of piperazine rings is 1. The molecule has 25 heavy (non-hydrogen) atoms. The van der Waals surface area contributed by atoms with Crippen molar-refractivity contribution in [1.29, 1.82) is 0 Å². The Hall–Kier alpha value is -2.25. The molecule has 1 aromatic carbocycles. The Balaban J connectivity index is 1.49. The normalized spacial score (nSPS) is 17.4. The van der Waals surface area contributed by atoms with Crippen LogP contribution in [0.4, 0.5) is 10.3 Å². The van der Waals surface area contributed by atoms with Crippen molar-refractivity contribution >= 4 is 11.8 Å². The molecule has 1 aliphatic rings. The molecule has 1 N–H and O–H groups in total. The minimum atomic E-state index is -0.263. The fraction of sp³-hybridized carbons (Fsp3) is 0.444. The number of carbonyl (C=O) groups excluding carboxylic acids is 1. The van der Waals surface area contributed by atoms with E-state index >= 15 is 0 Å². The molecule has 2 aromatic rings. The lowest BCUT2D eigenvalue weighted by Crippen LogP contribution is -2.52. The smallest absolute Gasteiger partial charge is 0.243 e. The van der Waals surface area contributed by atoms with Gasteiger partial charge in [0.15, 0.2) is 0 Å². The van der Waals surface area contributed by atoms with Crippen molar-refractivity contribution in [2.75, 3.05) is 31.5 Å². The minimum absolute atomic E-state index is 0.112. The quantitative estimate of drug-likeness (QED) is 0.900. The first-order valence-electron chi connectivity index (χ1n) is 8.47. The number of rotatable bonds is 5. The fourth-order valence-corrected chi connectivity index (χ4v) is 2.99. The fourth-order valence-electron chi connectivity index (χ4n) is 2.99. The van der Waals surface area contributed by atoms with Gasteiger partial charge in [-0.25, -0.2) is 4.39 Å². The van der Waals surface area contributed by atoms with Gasteiger partial charge in [-0.3, -0.25) is 19.9 Å². The Morgan fingerprint density at radius 2 is 2.04 bits per heavy atom. The average molecular weight is 346 g/mol. The molecule has 1 atom stereocenters. The van der Waals surface area contributed by atoms with Crippen LogP contribution in [0.3, 0.4) is 0 Å². The third-order valence-corrected chi connectivity index (χ3v) is 4.56. The number of nitrogens with zero attached hydrogens (tertiary/aromatic N) is 3. The topological polar surface area (TPSA) is 61.6 Å². The lowest BCUT2D eigenvalue weighted by Gasteiger charge is -2.37. The molecular formula is C18H23FN4O2. The predicted molar refractivity (Wildman–Crippen MR) is 92.6 cm³/mol. The Labute approximate surface area is 146 Å². The summed E-state index contributed by atoms with van der Waals surface area (Å²) in [5.41, 5.74) is 1.44. The molecule has 1 amide bonds. The van der Waals surface area contributed by atoms with Gasteiger partial charge in [0.05, 0.1) is 11.7 Å². The molecule has 2 heterocycles. The highest BCUT2D eigenvalue weighted by atomic mass is 19.1.